The Kier molecular flexibility index (Phi) is 7.95. The van der Waals surface area contributed by atoms with Crippen molar-refractivity contribution < 1.29 is 28.2 Å². The SMILES string of the molecule is C=C(O)C(C)(F)F.Cc1cc(C(C)Nc2ccccc2C(=O)O)c2oc(-c3ccc4[nH]ncc4c3)c(C)c(=O)c2c1. The molecule has 0 bridgehead atoms. The number of H-pyrrole nitrogens is 1. The van der Waals surface area contributed by atoms with E-state index in [1.165, 1.54) is 0 Å². The molecule has 0 aliphatic rings. The number of nitrogens with one attached hydrogen (secondary N) is 2. The summed E-state index contributed by atoms with van der Waals surface area (Å²) in [4.78, 5) is 25.0. The molecule has 0 saturated carbocycles. The number of para-hydroxylation sites is 1. The smallest absolute Gasteiger partial charge is 0.337 e. The van der Waals surface area contributed by atoms with Gasteiger partial charge in [0, 0.05) is 34.7 Å². The van der Waals surface area contributed by atoms with E-state index in [4.69, 9.17) is 9.52 Å². The van der Waals surface area contributed by atoms with Crippen LogP contribution < -0.4 is 10.7 Å². The molecule has 1 unspecified atom stereocenters. The predicted molar refractivity (Wildman–Crippen MR) is 155 cm³/mol. The lowest BCUT2D eigenvalue weighted by Crippen LogP contribution is -2.14. The summed E-state index contributed by atoms with van der Waals surface area (Å²) in [6, 6.07) is 16.0. The van der Waals surface area contributed by atoms with Gasteiger partial charge in [-0.05, 0) is 62.7 Å². The molecule has 4 N–H and O–H groups in total. The molecule has 0 radical (unpaired) electrons. The average molecular weight is 562 g/mol. The lowest BCUT2D eigenvalue weighted by atomic mass is 9.98. The highest BCUT2D eigenvalue weighted by Gasteiger charge is 2.24. The van der Waals surface area contributed by atoms with E-state index in [1.54, 1.807) is 37.4 Å². The Bertz CT molecular complexity index is 1840. The molecule has 0 aliphatic heterocycles. The standard InChI is InChI=1S/C27H23N3O4.C4H6F2O/c1-14-10-20(16(3)29-23-7-5-4-6-19(23)27(32)33)26-21(11-14)24(31)15(2)25(34-26)17-8-9-22-18(12-17)13-28-30-22;1-3(7)4(2,5)6/h4-13,16,29H,1-3H3,(H,28,30)(H,32,33);7H,1H2,2H3. The molecule has 212 valence electrons. The van der Waals surface area contributed by atoms with Crippen LogP contribution >= 0.6 is 0 Å². The Morgan fingerprint density at radius 1 is 1.12 bits per heavy atom. The summed E-state index contributed by atoms with van der Waals surface area (Å²) in [7, 11) is 0. The van der Waals surface area contributed by atoms with Crippen molar-refractivity contribution in [3.63, 3.8) is 0 Å². The number of carbonyl (C=O) groups is 1. The van der Waals surface area contributed by atoms with E-state index in [0.717, 1.165) is 27.6 Å². The van der Waals surface area contributed by atoms with Gasteiger partial charge in [0.1, 0.15) is 11.3 Å². The van der Waals surface area contributed by atoms with Crippen molar-refractivity contribution in [1.82, 2.24) is 10.2 Å². The first-order valence-electron chi connectivity index (χ1n) is 12.6. The zero-order valence-corrected chi connectivity index (χ0v) is 22.9. The average Bonchev–Trinajstić information content (AvgIpc) is 3.38. The van der Waals surface area contributed by atoms with Crippen LogP contribution in [0.1, 0.15) is 46.9 Å². The highest BCUT2D eigenvalue weighted by atomic mass is 19.3. The number of halogens is 2. The van der Waals surface area contributed by atoms with Crippen molar-refractivity contribution in [2.75, 3.05) is 5.32 Å². The molecule has 1 atom stereocenters. The molecule has 8 nitrogen and oxygen atoms in total. The molecule has 0 fully saturated rings. The number of benzene rings is 3. The summed E-state index contributed by atoms with van der Waals surface area (Å²) in [5.74, 6) is -4.74. The fourth-order valence-corrected chi connectivity index (χ4v) is 4.36. The highest BCUT2D eigenvalue weighted by Crippen LogP contribution is 2.33. The van der Waals surface area contributed by atoms with E-state index < -0.39 is 17.7 Å². The van der Waals surface area contributed by atoms with Gasteiger partial charge in [-0.3, -0.25) is 9.89 Å². The third-order valence-electron chi connectivity index (χ3n) is 6.60. The molecule has 10 heteroatoms. The maximum Gasteiger partial charge on any atom is 0.337 e. The first-order valence-corrected chi connectivity index (χ1v) is 12.6. The van der Waals surface area contributed by atoms with Crippen LogP contribution in [0.2, 0.25) is 0 Å². The van der Waals surface area contributed by atoms with Gasteiger partial charge in [0.25, 0.3) is 5.92 Å². The normalized spacial score (nSPS) is 12.0. The number of alkyl halides is 2. The number of nitrogens with zero attached hydrogens (tertiary/aromatic N) is 1. The second-order valence-corrected chi connectivity index (χ2v) is 9.84. The number of fused-ring (bicyclic) bond motifs is 2. The summed E-state index contributed by atoms with van der Waals surface area (Å²) >= 11 is 0. The quantitative estimate of drug-likeness (QED) is 0.158. The molecular formula is C31H29F2N3O5. The molecule has 0 spiro atoms. The van der Waals surface area contributed by atoms with Gasteiger partial charge in [-0.15, -0.1) is 0 Å². The molecule has 0 aliphatic carbocycles. The molecule has 5 aromatic rings. The number of allylic oxidation sites excluding steroid dienone is 1. The van der Waals surface area contributed by atoms with Crippen LogP contribution in [0.5, 0.6) is 0 Å². The molecule has 2 heterocycles. The minimum atomic E-state index is -3.14. The number of aromatic nitrogens is 2. The maximum atomic E-state index is 13.4. The van der Waals surface area contributed by atoms with E-state index in [2.05, 4.69) is 22.1 Å². The van der Waals surface area contributed by atoms with Gasteiger partial charge in [-0.2, -0.15) is 13.9 Å². The Labute approximate surface area is 234 Å². The predicted octanol–water partition coefficient (Wildman–Crippen LogP) is 7.54. The summed E-state index contributed by atoms with van der Waals surface area (Å²) in [6.45, 7) is 8.83. The third kappa shape index (κ3) is 6.11. The number of anilines is 1. The minimum absolute atomic E-state index is 0.0911. The molecule has 2 aromatic heterocycles. The second kappa shape index (κ2) is 11.2. The largest absolute Gasteiger partial charge is 0.507 e. The zero-order valence-electron chi connectivity index (χ0n) is 22.9. The van der Waals surface area contributed by atoms with Crippen molar-refractivity contribution in [1.29, 1.82) is 0 Å². The summed E-state index contributed by atoms with van der Waals surface area (Å²) < 4.78 is 29.4. The number of hydrogen-bond acceptors (Lipinski definition) is 6. The first kappa shape index (κ1) is 29.0. The van der Waals surface area contributed by atoms with E-state index in [1.807, 2.05) is 44.2 Å². The van der Waals surface area contributed by atoms with E-state index in [0.29, 0.717) is 34.9 Å². The van der Waals surface area contributed by atoms with Crippen molar-refractivity contribution in [3.8, 4) is 11.3 Å². The Hall–Kier alpha value is -4.99. The van der Waals surface area contributed by atoms with Gasteiger partial charge in [-0.1, -0.05) is 24.8 Å². The van der Waals surface area contributed by atoms with Gasteiger partial charge in [0.05, 0.1) is 28.7 Å². The highest BCUT2D eigenvalue weighted by molar-refractivity contribution is 5.94. The van der Waals surface area contributed by atoms with Crippen molar-refractivity contribution >= 4 is 33.5 Å². The summed E-state index contributed by atoms with van der Waals surface area (Å²) in [5, 5.41) is 29.2. The van der Waals surface area contributed by atoms with Crippen molar-refractivity contribution in [3.05, 3.63) is 106 Å². The Morgan fingerprint density at radius 3 is 2.46 bits per heavy atom. The minimum Gasteiger partial charge on any atom is -0.507 e. The zero-order chi connectivity index (χ0) is 30.1. The van der Waals surface area contributed by atoms with Crippen LogP contribution in [0, 0.1) is 13.8 Å². The van der Waals surface area contributed by atoms with Crippen LogP contribution in [0.15, 0.2) is 82.3 Å². The first-order chi connectivity index (χ1) is 19.3. The van der Waals surface area contributed by atoms with Gasteiger partial charge in [0.15, 0.2) is 11.2 Å². The van der Waals surface area contributed by atoms with E-state index in [-0.39, 0.29) is 17.0 Å². The summed E-state index contributed by atoms with van der Waals surface area (Å²) in [5.41, 5.74) is 4.98. The number of carboxylic acid groups (broad SMARTS) is 1. The van der Waals surface area contributed by atoms with Gasteiger partial charge in [-0.25, -0.2) is 4.79 Å². The fraction of sp³-hybridized carbons (Fsp3) is 0.194. The Balaban J connectivity index is 0.000000493. The monoisotopic (exact) mass is 561 g/mol. The molecule has 0 amide bonds. The molecular weight excluding hydrogens is 532 g/mol. The number of aromatic amines is 1. The number of aliphatic hydroxyl groups is 1. The second-order valence-electron chi connectivity index (χ2n) is 9.84. The van der Waals surface area contributed by atoms with Gasteiger partial charge in [0.2, 0.25) is 0 Å². The summed E-state index contributed by atoms with van der Waals surface area (Å²) in [6.07, 6.45) is 1.73. The molecule has 41 heavy (non-hydrogen) atoms. The van der Waals surface area contributed by atoms with Crippen LogP contribution in [-0.2, 0) is 0 Å². The number of carboxylic acids is 1. The van der Waals surface area contributed by atoms with Crippen LogP contribution in [-0.4, -0.2) is 32.3 Å². The lowest BCUT2D eigenvalue weighted by molar-refractivity contribution is 0.0197. The van der Waals surface area contributed by atoms with Gasteiger partial charge < -0.3 is 19.9 Å². The van der Waals surface area contributed by atoms with Crippen molar-refractivity contribution in [2.45, 2.75) is 39.7 Å². The molecule has 5 rings (SSSR count). The lowest BCUT2D eigenvalue weighted by Gasteiger charge is -2.20. The number of aromatic carboxylic acids is 1. The van der Waals surface area contributed by atoms with Crippen LogP contribution in [0.3, 0.4) is 0 Å². The van der Waals surface area contributed by atoms with Crippen LogP contribution in [0.25, 0.3) is 33.2 Å². The maximum absolute atomic E-state index is 13.4. The number of aliphatic hydroxyl groups excluding tert-OH is 1. The number of aryl methyl sites for hydroxylation is 1. The topological polar surface area (TPSA) is 128 Å². The van der Waals surface area contributed by atoms with Crippen LogP contribution in [0.4, 0.5) is 14.5 Å². The fourth-order valence-electron chi connectivity index (χ4n) is 4.36. The number of hydrogen-bond donors (Lipinski definition) is 4. The number of rotatable bonds is 6. The molecule has 0 saturated heterocycles. The third-order valence-corrected chi connectivity index (χ3v) is 6.60. The van der Waals surface area contributed by atoms with E-state index in [9.17, 15) is 23.5 Å². The van der Waals surface area contributed by atoms with Gasteiger partial charge >= 0.3 is 5.97 Å². The Morgan fingerprint density at radius 2 is 1.80 bits per heavy atom. The van der Waals surface area contributed by atoms with Crippen molar-refractivity contribution in [2.24, 2.45) is 0 Å². The van der Waals surface area contributed by atoms with E-state index >= 15 is 0 Å². The molecule has 3 aromatic carbocycles.